The Balaban J connectivity index is 1.99. The number of nitrogen functional groups attached to an aromatic ring is 1. The zero-order chi connectivity index (χ0) is 11.4. The summed E-state index contributed by atoms with van der Waals surface area (Å²) in [4.78, 5) is 8.24. The van der Waals surface area contributed by atoms with Gasteiger partial charge in [-0.15, -0.1) is 11.8 Å². The van der Waals surface area contributed by atoms with Crippen LogP contribution in [0.25, 0.3) is 0 Å². The lowest BCUT2D eigenvalue weighted by molar-refractivity contribution is 1.12. The van der Waals surface area contributed by atoms with E-state index >= 15 is 0 Å². The number of anilines is 1. The SMILES string of the molecule is Nc1cc(CSc2ccc(Br)cn2)ccn1. The molecular weight excluding hydrogens is 286 g/mol. The van der Waals surface area contributed by atoms with Gasteiger partial charge in [0.2, 0.25) is 0 Å². The normalized spacial score (nSPS) is 10.3. The Labute approximate surface area is 107 Å². The van der Waals surface area contributed by atoms with Gasteiger partial charge in [0.1, 0.15) is 5.82 Å². The molecule has 0 amide bonds. The molecule has 2 aromatic heterocycles. The van der Waals surface area contributed by atoms with Gasteiger partial charge in [0.15, 0.2) is 0 Å². The molecule has 0 saturated heterocycles. The number of aromatic nitrogens is 2. The lowest BCUT2D eigenvalue weighted by Gasteiger charge is -2.02. The first kappa shape index (κ1) is 11.4. The van der Waals surface area contributed by atoms with Crippen molar-refractivity contribution in [3.63, 3.8) is 0 Å². The molecule has 82 valence electrons. The quantitative estimate of drug-likeness (QED) is 0.884. The maximum Gasteiger partial charge on any atom is 0.123 e. The second kappa shape index (κ2) is 5.32. The Morgan fingerprint density at radius 2 is 2.12 bits per heavy atom. The molecule has 0 atom stereocenters. The summed E-state index contributed by atoms with van der Waals surface area (Å²) >= 11 is 5.03. The molecular formula is C11H10BrN3S. The fraction of sp³-hybridized carbons (Fsp3) is 0.0909. The van der Waals surface area contributed by atoms with Crippen molar-refractivity contribution < 1.29 is 0 Å². The van der Waals surface area contributed by atoms with Crippen LogP contribution >= 0.6 is 27.7 Å². The van der Waals surface area contributed by atoms with Crippen molar-refractivity contribution in [2.45, 2.75) is 10.8 Å². The Kier molecular flexibility index (Phi) is 3.79. The van der Waals surface area contributed by atoms with Crippen LogP contribution in [0.5, 0.6) is 0 Å². The van der Waals surface area contributed by atoms with Gasteiger partial charge in [-0.3, -0.25) is 0 Å². The molecule has 16 heavy (non-hydrogen) atoms. The summed E-state index contributed by atoms with van der Waals surface area (Å²) in [5, 5.41) is 0.999. The second-order valence-electron chi connectivity index (χ2n) is 3.19. The molecule has 0 saturated carbocycles. The van der Waals surface area contributed by atoms with Crippen LogP contribution in [0.3, 0.4) is 0 Å². The van der Waals surface area contributed by atoms with E-state index in [0.29, 0.717) is 5.82 Å². The lowest BCUT2D eigenvalue weighted by atomic mass is 10.3. The number of halogens is 1. The molecule has 0 bridgehead atoms. The van der Waals surface area contributed by atoms with Crippen LogP contribution in [0.2, 0.25) is 0 Å². The molecule has 2 N–H and O–H groups in total. The average Bonchev–Trinajstić information content (AvgIpc) is 2.28. The van der Waals surface area contributed by atoms with Crippen LogP contribution < -0.4 is 5.73 Å². The van der Waals surface area contributed by atoms with Gasteiger partial charge in [0.25, 0.3) is 0 Å². The first-order chi connectivity index (χ1) is 7.74. The summed E-state index contributed by atoms with van der Waals surface area (Å²) in [6.45, 7) is 0. The minimum atomic E-state index is 0.557. The van der Waals surface area contributed by atoms with Crippen molar-refractivity contribution in [1.82, 2.24) is 9.97 Å². The third kappa shape index (κ3) is 3.21. The molecule has 0 aliphatic carbocycles. The minimum absolute atomic E-state index is 0.557. The van der Waals surface area contributed by atoms with Crippen molar-refractivity contribution in [2.24, 2.45) is 0 Å². The molecule has 2 rings (SSSR count). The summed E-state index contributed by atoms with van der Waals surface area (Å²) < 4.78 is 0.991. The molecule has 0 radical (unpaired) electrons. The Hall–Kier alpha value is -1.07. The third-order valence-electron chi connectivity index (χ3n) is 1.93. The first-order valence-electron chi connectivity index (χ1n) is 4.69. The van der Waals surface area contributed by atoms with E-state index in [1.165, 1.54) is 0 Å². The number of hydrogen-bond donors (Lipinski definition) is 1. The van der Waals surface area contributed by atoms with Crippen molar-refractivity contribution in [3.05, 3.63) is 46.7 Å². The predicted octanol–water partition coefficient (Wildman–Crippen LogP) is 3.11. The molecule has 5 heteroatoms. The molecule has 2 heterocycles. The third-order valence-corrected chi connectivity index (χ3v) is 3.42. The topological polar surface area (TPSA) is 51.8 Å². The predicted molar refractivity (Wildman–Crippen MR) is 70.1 cm³/mol. The monoisotopic (exact) mass is 295 g/mol. The van der Waals surface area contributed by atoms with Gasteiger partial charge in [0, 0.05) is 22.6 Å². The number of hydrogen-bond acceptors (Lipinski definition) is 4. The molecule has 0 aliphatic rings. The van der Waals surface area contributed by atoms with Gasteiger partial charge >= 0.3 is 0 Å². The van der Waals surface area contributed by atoms with E-state index in [2.05, 4.69) is 25.9 Å². The Morgan fingerprint density at radius 1 is 1.25 bits per heavy atom. The molecule has 0 aliphatic heterocycles. The van der Waals surface area contributed by atoms with Crippen LogP contribution in [-0.2, 0) is 5.75 Å². The molecule has 2 aromatic rings. The van der Waals surface area contributed by atoms with E-state index in [1.54, 1.807) is 24.2 Å². The summed E-state index contributed by atoms with van der Waals surface area (Å²) in [5.74, 6) is 1.41. The summed E-state index contributed by atoms with van der Waals surface area (Å²) in [6, 6.07) is 7.81. The van der Waals surface area contributed by atoms with Gasteiger partial charge in [-0.1, -0.05) is 0 Å². The zero-order valence-corrected chi connectivity index (χ0v) is 10.8. The molecule has 0 aromatic carbocycles. The lowest BCUT2D eigenvalue weighted by Crippen LogP contribution is -1.91. The van der Waals surface area contributed by atoms with Gasteiger partial charge in [-0.2, -0.15) is 0 Å². The highest BCUT2D eigenvalue weighted by Gasteiger charge is 1.98. The fourth-order valence-corrected chi connectivity index (χ4v) is 2.21. The van der Waals surface area contributed by atoms with E-state index in [9.17, 15) is 0 Å². The van der Waals surface area contributed by atoms with Crippen LogP contribution in [0.1, 0.15) is 5.56 Å². The number of thioether (sulfide) groups is 1. The molecule has 0 spiro atoms. The van der Waals surface area contributed by atoms with E-state index in [4.69, 9.17) is 5.73 Å². The Bertz CT molecular complexity index is 473. The maximum absolute atomic E-state index is 5.61. The van der Waals surface area contributed by atoms with Crippen molar-refractivity contribution in [2.75, 3.05) is 5.73 Å². The van der Waals surface area contributed by atoms with Crippen molar-refractivity contribution >= 4 is 33.5 Å². The highest BCUT2D eigenvalue weighted by atomic mass is 79.9. The molecule has 0 unspecified atom stereocenters. The van der Waals surface area contributed by atoms with Gasteiger partial charge in [-0.25, -0.2) is 9.97 Å². The van der Waals surface area contributed by atoms with Crippen molar-refractivity contribution in [1.29, 1.82) is 0 Å². The maximum atomic E-state index is 5.61. The van der Waals surface area contributed by atoms with Crippen LogP contribution in [-0.4, -0.2) is 9.97 Å². The number of pyridine rings is 2. The number of nitrogens with zero attached hydrogens (tertiary/aromatic N) is 2. The number of nitrogens with two attached hydrogens (primary N) is 1. The molecule has 3 nitrogen and oxygen atoms in total. The summed E-state index contributed by atoms with van der Waals surface area (Å²) in [5.41, 5.74) is 6.76. The first-order valence-corrected chi connectivity index (χ1v) is 6.46. The van der Waals surface area contributed by atoms with E-state index < -0.39 is 0 Å². The van der Waals surface area contributed by atoms with Crippen LogP contribution in [0, 0.1) is 0 Å². The van der Waals surface area contributed by atoms with E-state index in [1.807, 2.05) is 24.3 Å². The zero-order valence-electron chi connectivity index (χ0n) is 8.43. The van der Waals surface area contributed by atoms with Gasteiger partial charge < -0.3 is 5.73 Å². The van der Waals surface area contributed by atoms with Gasteiger partial charge in [0.05, 0.1) is 5.03 Å². The smallest absolute Gasteiger partial charge is 0.123 e. The average molecular weight is 296 g/mol. The van der Waals surface area contributed by atoms with Crippen LogP contribution in [0.15, 0.2) is 46.2 Å². The van der Waals surface area contributed by atoms with Gasteiger partial charge in [-0.05, 0) is 45.8 Å². The van der Waals surface area contributed by atoms with E-state index in [0.717, 1.165) is 20.8 Å². The highest BCUT2D eigenvalue weighted by molar-refractivity contribution is 9.10. The summed E-state index contributed by atoms with van der Waals surface area (Å²) in [7, 11) is 0. The standard InChI is InChI=1S/C11H10BrN3S/c12-9-1-2-11(15-6-9)16-7-8-3-4-14-10(13)5-8/h1-6H,7H2,(H2,13,14). The van der Waals surface area contributed by atoms with Crippen molar-refractivity contribution in [3.8, 4) is 0 Å². The highest BCUT2D eigenvalue weighted by Crippen LogP contribution is 2.22. The Morgan fingerprint density at radius 3 is 2.81 bits per heavy atom. The fourth-order valence-electron chi connectivity index (χ4n) is 1.19. The van der Waals surface area contributed by atoms with Crippen LogP contribution in [0.4, 0.5) is 5.82 Å². The number of rotatable bonds is 3. The molecule has 0 fully saturated rings. The largest absolute Gasteiger partial charge is 0.384 e. The minimum Gasteiger partial charge on any atom is -0.384 e. The second-order valence-corrected chi connectivity index (χ2v) is 5.10. The van der Waals surface area contributed by atoms with E-state index in [-0.39, 0.29) is 0 Å². The summed E-state index contributed by atoms with van der Waals surface area (Å²) in [6.07, 6.45) is 3.52.